The van der Waals surface area contributed by atoms with Crippen LogP contribution in [0.4, 0.5) is 5.69 Å². The fourth-order valence-corrected chi connectivity index (χ4v) is 2.13. The number of hydrogen-bond donors (Lipinski definition) is 2. The molecule has 0 aliphatic heterocycles. The number of methoxy groups -OCH3 is 1. The van der Waals surface area contributed by atoms with Crippen molar-refractivity contribution in [2.45, 2.75) is 19.1 Å². The van der Waals surface area contributed by atoms with Crippen molar-refractivity contribution in [3.63, 3.8) is 0 Å². The Hall–Kier alpha value is -2.17. The first-order valence-corrected chi connectivity index (χ1v) is 6.86. The SMILES string of the molecule is COC(C(=O)Nc1cccc(C(C)N)c1)c1ccccc1. The fraction of sp³-hybridized carbons (Fsp3) is 0.235. The highest BCUT2D eigenvalue weighted by Gasteiger charge is 2.19. The van der Waals surface area contributed by atoms with Crippen LogP contribution in [0.3, 0.4) is 0 Å². The predicted octanol–water partition coefficient (Wildman–Crippen LogP) is 3.03. The molecule has 4 nitrogen and oxygen atoms in total. The Kier molecular flexibility index (Phi) is 5.09. The summed E-state index contributed by atoms with van der Waals surface area (Å²) in [6.07, 6.45) is -0.634. The molecule has 0 saturated carbocycles. The molecule has 2 aromatic rings. The third-order valence-electron chi connectivity index (χ3n) is 3.26. The number of rotatable bonds is 5. The minimum Gasteiger partial charge on any atom is -0.367 e. The zero-order chi connectivity index (χ0) is 15.2. The number of amides is 1. The van der Waals surface area contributed by atoms with Gasteiger partial charge in [-0.3, -0.25) is 4.79 Å². The molecule has 0 saturated heterocycles. The third kappa shape index (κ3) is 3.90. The van der Waals surface area contributed by atoms with E-state index in [0.29, 0.717) is 5.69 Å². The summed E-state index contributed by atoms with van der Waals surface area (Å²) in [4.78, 5) is 12.4. The Labute approximate surface area is 124 Å². The van der Waals surface area contributed by atoms with Crippen LogP contribution in [0.15, 0.2) is 54.6 Å². The van der Waals surface area contributed by atoms with Gasteiger partial charge in [0.2, 0.25) is 0 Å². The fourth-order valence-electron chi connectivity index (χ4n) is 2.13. The maximum absolute atomic E-state index is 12.4. The van der Waals surface area contributed by atoms with E-state index in [4.69, 9.17) is 10.5 Å². The van der Waals surface area contributed by atoms with Crippen molar-refractivity contribution in [2.24, 2.45) is 5.73 Å². The number of carbonyl (C=O) groups is 1. The molecule has 0 aliphatic rings. The van der Waals surface area contributed by atoms with Crippen molar-refractivity contribution in [1.82, 2.24) is 0 Å². The molecule has 0 radical (unpaired) electrons. The van der Waals surface area contributed by atoms with Crippen LogP contribution in [0.2, 0.25) is 0 Å². The average molecular weight is 284 g/mol. The normalized spacial score (nSPS) is 13.5. The van der Waals surface area contributed by atoms with Gasteiger partial charge in [0.15, 0.2) is 6.10 Å². The van der Waals surface area contributed by atoms with Crippen LogP contribution in [0, 0.1) is 0 Å². The van der Waals surface area contributed by atoms with Crippen LogP contribution in [-0.4, -0.2) is 13.0 Å². The predicted molar refractivity (Wildman–Crippen MR) is 83.9 cm³/mol. The minimum atomic E-state index is -0.634. The standard InChI is InChI=1S/C17H20N2O2/c1-12(18)14-9-6-10-15(11-14)19-17(20)16(21-2)13-7-4-3-5-8-13/h3-12,16H,18H2,1-2H3,(H,19,20). The van der Waals surface area contributed by atoms with Gasteiger partial charge in [0.1, 0.15) is 0 Å². The summed E-state index contributed by atoms with van der Waals surface area (Å²) >= 11 is 0. The molecule has 0 fully saturated rings. The second kappa shape index (κ2) is 7.02. The molecule has 2 rings (SSSR count). The summed E-state index contributed by atoms with van der Waals surface area (Å²) in [7, 11) is 1.52. The topological polar surface area (TPSA) is 64.3 Å². The molecule has 2 atom stereocenters. The summed E-state index contributed by atoms with van der Waals surface area (Å²) in [5, 5.41) is 2.87. The maximum atomic E-state index is 12.4. The molecule has 0 bridgehead atoms. The zero-order valence-electron chi connectivity index (χ0n) is 12.2. The second-order valence-electron chi connectivity index (χ2n) is 4.93. The molecular formula is C17H20N2O2. The van der Waals surface area contributed by atoms with E-state index < -0.39 is 6.10 Å². The zero-order valence-corrected chi connectivity index (χ0v) is 12.2. The van der Waals surface area contributed by atoms with Gasteiger partial charge in [-0.2, -0.15) is 0 Å². The van der Waals surface area contributed by atoms with Crippen molar-refractivity contribution in [2.75, 3.05) is 12.4 Å². The van der Waals surface area contributed by atoms with Crippen molar-refractivity contribution in [1.29, 1.82) is 0 Å². The number of anilines is 1. The van der Waals surface area contributed by atoms with Crippen LogP contribution in [0.1, 0.15) is 30.2 Å². The molecule has 2 aromatic carbocycles. The van der Waals surface area contributed by atoms with E-state index in [-0.39, 0.29) is 11.9 Å². The molecule has 0 aromatic heterocycles. The van der Waals surface area contributed by atoms with E-state index >= 15 is 0 Å². The van der Waals surface area contributed by atoms with E-state index in [9.17, 15) is 4.79 Å². The van der Waals surface area contributed by atoms with Crippen LogP contribution in [0.25, 0.3) is 0 Å². The van der Waals surface area contributed by atoms with Crippen molar-refractivity contribution >= 4 is 11.6 Å². The van der Waals surface area contributed by atoms with Gasteiger partial charge in [-0.25, -0.2) is 0 Å². The van der Waals surface area contributed by atoms with E-state index in [1.54, 1.807) is 0 Å². The molecule has 0 heterocycles. The smallest absolute Gasteiger partial charge is 0.258 e. The lowest BCUT2D eigenvalue weighted by Gasteiger charge is -2.16. The first-order chi connectivity index (χ1) is 10.1. The largest absolute Gasteiger partial charge is 0.367 e. The van der Waals surface area contributed by atoms with Crippen LogP contribution in [-0.2, 0) is 9.53 Å². The first kappa shape index (κ1) is 15.2. The van der Waals surface area contributed by atoms with Gasteiger partial charge in [0.25, 0.3) is 5.91 Å². The molecule has 21 heavy (non-hydrogen) atoms. The number of ether oxygens (including phenoxy) is 1. The second-order valence-corrected chi connectivity index (χ2v) is 4.93. The van der Waals surface area contributed by atoms with Gasteiger partial charge in [-0.1, -0.05) is 42.5 Å². The Morgan fingerprint density at radius 1 is 1.10 bits per heavy atom. The highest BCUT2D eigenvalue weighted by atomic mass is 16.5. The van der Waals surface area contributed by atoms with Crippen LogP contribution in [0.5, 0.6) is 0 Å². The van der Waals surface area contributed by atoms with Crippen molar-refractivity contribution in [3.05, 3.63) is 65.7 Å². The molecule has 0 spiro atoms. The maximum Gasteiger partial charge on any atom is 0.258 e. The number of nitrogens with two attached hydrogens (primary N) is 1. The average Bonchev–Trinajstić information content (AvgIpc) is 2.49. The Balaban J connectivity index is 2.15. The summed E-state index contributed by atoms with van der Waals surface area (Å²) in [5.41, 5.74) is 8.36. The van der Waals surface area contributed by atoms with Crippen LogP contribution >= 0.6 is 0 Å². The first-order valence-electron chi connectivity index (χ1n) is 6.86. The summed E-state index contributed by atoms with van der Waals surface area (Å²) in [6, 6.07) is 16.8. The van der Waals surface area contributed by atoms with Gasteiger partial charge >= 0.3 is 0 Å². The van der Waals surface area contributed by atoms with E-state index in [0.717, 1.165) is 11.1 Å². The quantitative estimate of drug-likeness (QED) is 0.887. The highest BCUT2D eigenvalue weighted by molar-refractivity contribution is 5.94. The minimum absolute atomic E-state index is 0.0748. The lowest BCUT2D eigenvalue weighted by molar-refractivity contribution is -0.126. The third-order valence-corrected chi connectivity index (χ3v) is 3.26. The number of nitrogens with one attached hydrogen (secondary N) is 1. The molecule has 3 N–H and O–H groups in total. The summed E-state index contributed by atoms with van der Waals surface area (Å²) < 4.78 is 5.31. The Morgan fingerprint density at radius 2 is 1.76 bits per heavy atom. The van der Waals surface area contributed by atoms with E-state index in [2.05, 4.69) is 5.32 Å². The van der Waals surface area contributed by atoms with Gasteiger partial charge < -0.3 is 15.8 Å². The molecule has 110 valence electrons. The van der Waals surface area contributed by atoms with Gasteiger partial charge in [0.05, 0.1) is 0 Å². The van der Waals surface area contributed by atoms with Crippen LogP contribution < -0.4 is 11.1 Å². The molecular weight excluding hydrogens is 264 g/mol. The molecule has 2 unspecified atom stereocenters. The number of benzene rings is 2. The molecule has 1 amide bonds. The lowest BCUT2D eigenvalue weighted by atomic mass is 10.1. The number of carbonyl (C=O) groups excluding carboxylic acids is 1. The Morgan fingerprint density at radius 3 is 2.38 bits per heavy atom. The highest BCUT2D eigenvalue weighted by Crippen LogP contribution is 2.20. The van der Waals surface area contributed by atoms with E-state index in [1.807, 2.05) is 61.5 Å². The van der Waals surface area contributed by atoms with Gasteiger partial charge in [-0.05, 0) is 30.2 Å². The van der Waals surface area contributed by atoms with Gasteiger partial charge in [0, 0.05) is 18.8 Å². The molecule has 4 heteroatoms. The summed E-state index contributed by atoms with van der Waals surface area (Å²) in [6.45, 7) is 1.91. The van der Waals surface area contributed by atoms with Crippen molar-refractivity contribution in [3.8, 4) is 0 Å². The van der Waals surface area contributed by atoms with E-state index in [1.165, 1.54) is 7.11 Å². The van der Waals surface area contributed by atoms with Crippen molar-refractivity contribution < 1.29 is 9.53 Å². The number of hydrogen-bond acceptors (Lipinski definition) is 3. The summed E-state index contributed by atoms with van der Waals surface area (Å²) in [5.74, 6) is -0.203. The monoisotopic (exact) mass is 284 g/mol. The van der Waals surface area contributed by atoms with Gasteiger partial charge in [-0.15, -0.1) is 0 Å². The Bertz CT molecular complexity index is 597. The lowest BCUT2D eigenvalue weighted by Crippen LogP contribution is -2.22. The molecule has 0 aliphatic carbocycles.